The second-order valence-electron chi connectivity index (χ2n) is 4.62. The Kier molecular flexibility index (Phi) is 4.62. The molecule has 1 aliphatic carbocycles. The van der Waals surface area contributed by atoms with Crippen molar-refractivity contribution in [2.24, 2.45) is 11.7 Å². The molecule has 0 aliphatic heterocycles. The van der Waals surface area contributed by atoms with Crippen LogP contribution in [0.3, 0.4) is 0 Å². The number of thiocarbonyl (C=S) groups is 1. The van der Waals surface area contributed by atoms with Crippen LogP contribution in [0.15, 0.2) is 18.3 Å². The molecule has 0 saturated heterocycles. The molecule has 1 saturated carbocycles. The van der Waals surface area contributed by atoms with Crippen LogP contribution in [0, 0.1) is 5.92 Å². The van der Waals surface area contributed by atoms with Crippen molar-refractivity contribution >= 4 is 29.0 Å². The molecule has 6 nitrogen and oxygen atoms in total. The van der Waals surface area contributed by atoms with Crippen molar-refractivity contribution in [3.8, 4) is 0 Å². The van der Waals surface area contributed by atoms with E-state index in [0.717, 1.165) is 12.8 Å². The minimum absolute atomic E-state index is 0.0678. The number of nitrogens with two attached hydrogens (primary N) is 1. The topological polar surface area (TPSA) is 97.1 Å². The van der Waals surface area contributed by atoms with Crippen LogP contribution < -0.4 is 16.4 Å². The molecule has 0 spiro atoms. The van der Waals surface area contributed by atoms with Crippen LogP contribution in [0.2, 0.25) is 0 Å². The fraction of sp³-hybridized carbons (Fsp3) is 0.385. The number of nitrogens with one attached hydrogen (secondary N) is 2. The first-order valence-electron chi connectivity index (χ1n) is 6.39. The molecule has 1 aromatic heterocycles. The summed E-state index contributed by atoms with van der Waals surface area (Å²) in [5.74, 6) is -0.0432. The predicted octanol–water partition coefficient (Wildman–Crippen LogP) is -0.0282. The number of amides is 2. The highest BCUT2D eigenvalue weighted by molar-refractivity contribution is 7.80. The number of rotatable bonds is 6. The van der Waals surface area contributed by atoms with Gasteiger partial charge in [-0.2, -0.15) is 0 Å². The van der Waals surface area contributed by atoms with Gasteiger partial charge in [0, 0.05) is 30.8 Å². The zero-order valence-corrected chi connectivity index (χ0v) is 11.7. The molecule has 1 aromatic rings. The maximum atomic E-state index is 11.8. The third-order valence-corrected chi connectivity index (χ3v) is 3.17. The molecular formula is C13H16N4O2S. The Labute approximate surface area is 122 Å². The zero-order valence-electron chi connectivity index (χ0n) is 10.9. The molecule has 1 aliphatic rings. The van der Waals surface area contributed by atoms with Gasteiger partial charge in [-0.15, -0.1) is 0 Å². The Bertz CT molecular complexity index is 526. The average Bonchev–Trinajstić information content (AvgIpc) is 3.27. The number of carbonyl (C=O) groups is 2. The molecule has 4 N–H and O–H groups in total. The summed E-state index contributed by atoms with van der Waals surface area (Å²) in [6.45, 7) is 0.794. The highest BCUT2D eigenvalue weighted by Gasteiger charge is 2.28. The summed E-state index contributed by atoms with van der Waals surface area (Å²) in [4.78, 5) is 27.4. The number of hydrogen-bond donors (Lipinski definition) is 3. The van der Waals surface area contributed by atoms with Gasteiger partial charge in [0.2, 0.25) is 5.91 Å². The number of carbonyl (C=O) groups excluding carboxylic acids is 2. The van der Waals surface area contributed by atoms with Crippen molar-refractivity contribution in [2.45, 2.75) is 12.8 Å². The SMILES string of the molecule is NC(=S)c1ccc(C(=O)NCCNC(=O)C2CC2)nc1. The van der Waals surface area contributed by atoms with Crippen molar-refractivity contribution in [1.82, 2.24) is 15.6 Å². The second-order valence-corrected chi connectivity index (χ2v) is 5.06. The largest absolute Gasteiger partial charge is 0.389 e. The van der Waals surface area contributed by atoms with Crippen molar-refractivity contribution in [1.29, 1.82) is 0 Å². The van der Waals surface area contributed by atoms with E-state index in [1.54, 1.807) is 12.1 Å². The molecule has 0 atom stereocenters. The zero-order chi connectivity index (χ0) is 14.5. The van der Waals surface area contributed by atoms with Gasteiger partial charge in [0.15, 0.2) is 0 Å². The van der Waals surface area contributed by atoms with Gasteiger partial charge in [0.05, 0.1) is 0 Å². The smallest absolute Gasteiger partial charge is 0.269 e. The first kappa shape index (κ1) is 14.4. The van der Waals surface area contributed by atoms with E-state index >= 15 is 0 Å². The molecule has 20 heavy (non-hydrogen) atoms. The van der Waals surface area contributed by atoms with Gasteiger partial charge in [0.1, 0.15) is 10.7 Å². The molecule has 0 bridgehead atoms. The van der Waals surface area contributed by atoms with E-state index in [2.05, 4.69) is 15.6 Å². The van der Waals surface area contributed by atoms with Crippen molar-refractivity contribution in [3.63, 3.8) is 0 Å². The molecule has 0 radical (unpaired) electrons. The lowest BCUT2D eigenvalue weighted by molar-refractivity contribution is -0.122. The van der Waals surface area contributed by atoms with Crippen LogP contribution in [-0.2, 0) is 4.79 Å². The van der Waals surface area contributed by atoms with E-state index < -0.39 is 0 Å². The van der Waals surface area contributed by atoms with E-state index in [9.17, 15) is 9.59 Å². The van der Waals surface area contributed by atoms with Crippen molar-refractivity contribution < 1.29 is 9.59 Å². The molecule has 2 rings (SSSR count). The van der Waals surface area contributed by atoms with Crippen molar-refractivity contribution in [2.75, 3.05) is 13.1 Å². The normalized spacial score (nSPS) is 13.6. The molecule has 2 amide bonds. The molecule has 1 fully saturated rings. The summed E-state index contributed by atoms with van der Waals surface area (Å²) in [5.41, 5.74) is 6.36. The van der Waals surface area contributed by atoms with Gasteiger partial charge >= 0.3 is 0 Å². The third kappa shape index (κ3) is 3.99. The lowest BCUT2D eigenvalue weighted by Gasteiger charge is -2.06. The maximum Gasteiger partial charge on any atom is 0.269 e. The summed E-state index contributed by atoms with van der Waals surface area (Å²) in [6.07, 6.45) is 3.40. The number of nitrogens with zero attached hydrogens (tertiary/aromatic N) is 1. The Hall–Kier alpha value is -2.02. The number of hydrogen-bond acceptors (Lipinski definition) is 4. The van der Waals surface area contributed by atoms with Crippen LogP contribution in [0.5, 0.6) is 0 Å². The lowest BCUT2D eigenvalue weighted by atomic mass is 10.2. The monoisotopic (exact) mass is 292 g/mol. The highest BCUT2D eigenvalue weighted by Crippen LogP contribution is 2.28. The number of pyridine rings is 1. The van der Waals surface area contributed by atoms with E-state index in [1.807, 2.05) is 0 Å². The van der Waals surface area contributed by atoms with Gasteiger partial charge in [-0.25, -0.2) is 0 Å². The third-order valence-electron chi connectivity index (χ3n) is 2.94. The molecule has 7 heteroatoms. The first-order valence-corrected chi connectivity index (χ1v) is 6.80. The van der Waals surface area contributed by atoms with Gasteiger partial charge in [0.25, 0.3) is 5.91 Å². The lowest BCUT2D eigenvalue weighted by Crippen LogP contribution is -2.35. The van der Waals surface area contributed by atoms with Crippen LogP contribution in [0.4, 0.5) is 0 Å². The van der Waals surface area contributed by atoms with Crippen LogP contribution >= 0.6 is 12.2 Å². The van der Waals surface area contributed by atoms with E-state index in [0.29, 0.717) is 24.3 Å². The predicted molar refractivity (Wildman–Crippen MR) is 78.2 cm³/mol. The van der Waals surface area contributed by atoms with Gasteiger partial charge in [-0.1, -0.05) is 12.2 Å². The molecule has 106 valence electrons. The number of aromatic nitrogens is 1. The maximum absolute atomic E-state index is 11.8. The highest BCUT2D eigenvalue weighted by atomic mass is 32.1. The van der Waals surface area contributed by atoms with Gasteiger partial charge in [-0.05, 0) is 25.0 Å². The summed E-state index contributed by atoms with van der Waals surface area (Å²) in [5, 5.41) is 5.45. The first-order chi connectivity index (χ1) is 9.58. The van der Waals surface area contributed by atoms with Crippen LogP contribution in [0.1, 0.15) is 28.9 Å². The van der Waals surface area contributed by atoms with E-state index in [4.69, 9.17) is 18.0 Å². The Balaban J connectivity index is 1.73. The minimum Gasteiger partial charge on any atom is -0.389 e. The van der Waals surface area contributed by atoms with Crippen molar-refractivity contribution in [3.05, 3.63) is 29.6 Å². The Morgan fingerprint density at radius 1 is 1.30 bits per heavy atom. The Morgan fingerprint density at radius 3 is 2.55 bits per heavy atom. The summed E-state index contributed by atoms with van der Waals surface area (Å²) in [7, 11) is 0. The molecular weight excluding hydrogens is 276 g/mol. The van der Waals surface area contributed by atoms with Crippen LogP contribution in [-0.4, -0.2) is 34.9 Å². The van der Waals surface area contributed by atoms with E-state index in [1.165, 1.54) is 6.20 Å². The van der Waals surface area contributed by atoms with Crippen LogP contribution in [0.25, 0.3) is 0 Å². The fourth-order valence-corrected chi connectivity index (χ4v) is 1.74. The standard InChI is InChI=1S/C13H16N4O2S/c14-11(20)9-3-4-10(17-7-9)13(19)16-6-5-15-12(18)8-1-2-8/h3-4,7-8H,1-2,5-6H2,(H2,14,20)(H,15,18)(H,16,19). The Morgan fingerprint density at radius 2 is 2.00 bits per heavy atom. The molecule has 1 heterocycles. The quantitative estimate of drug-likeness (QED) is 0.505. The van der Waals surface area contributed by atoms with Gasteiger partial charge in [-0.3, -0.25) is 14.6 Å². The summed E-state index contributed by atoms with van der Waals surface area (Å²) < 4.78 is 0. The average molecular weight is 292 g/mol. The van der Waals surface area contributed by atoms with Gasteiger partial charge < -0.3 is 16.4 Å². The molecule has 0 aromatic carbocycles. The minimum atomic E-state index is -0.292. The summed E-state index contributed by atoms with van der Waals surface area (Å²) >= 11 is 4.80. The summed E-state index contributed by atoms with van der Waals surface area (Å²) in [6, 6.07) is 3.21. The van der Waals surface area contributed by atoms with E-state index in [-0.39, 0.29) is 22.7 Å². The fourth-order valence-electron chi connectivity index (χ4n) is 1.62. The second kappa shape index (κ2) is 6.42. The molecule has 0 unspecified atom stereocenters.